The lowest BCUT2D eigenvalue weighted by Gasteiger charge is -2.03. The third kappa shape index (κ3) is 1.21. The van der Waals surface area contributed by atoms with Gasteiger partial charge in [-0.3, -0.25) is 4.57 Å². The van der Waals surface area contributed by atoms with Crippen LogP contribution in [0.15, 0.2) is 36.1 Å². The van der Waals surface area contributed by atoms with Crippen LogP contribution in [0.4, 0.5) is 0 Å². The van der Waals surface area contributed by atoms with E-state index in [9.17, 15) is 0 Å². The maximum Gasteiger partial charge on any atom is 0.149 e. The molecule has 0 radical (unpaired) electrons. The van der Waals surface area contributed by atoms with Gasteiger partial charge in [0, 0.05) is 6.20 Å². The molecule has 0 aliphatic heterocycles. The highest BCUT2D eigenvalue weighted by molar-refractivity contribution is 7.16. The number of fused-ring (bicyclic) bond motifs is 1. The van der Waals surface area contributed by atoms with Crippen molar-refractivity contribution < 1.29 is 0 Å². The monoisotopic (exact) mass is 226 g/mol. The van der Waals surface area contributed by atoms with Crippen LogP contribution in [0.2, 0.25) is 0 Å². The second-order valence-electron chi connectivity index (χ2n) is 3.21. The largest absolute Gasteiger partial charge is 0.292 e. The van der Waals surface area contributed by atoms with Crippen molar-refractivity contribution in [1.82, 2.24) is 14.5 Å². The Balaban J connectivity index is 2.35. The number of thiophene rings is 1. The van der Waals surface area contributed by atoms with Crippen molar-refractivity contribution in [3.8, 4) is 11.9 Å². The molecule has 0 saturated carbocycles. The molecule has 0 spiro atoms. The number of aromatic nitrogens is 3. The van der Waals surface area contributed by atoms with Crippen LogP contribution in [0.3, 0.4) is 0 Å². The van der Waals surface area contributed by atoms with Crippen LogP contribution in [0.25, 0.3) is 16.0 Å². The second kappa shape index (κ2) is 3.43. The van der Waals surface area contributed by atoms with Crippen LogP contribution in [0, 0.1) is 11.3 Å². The number of nitriles is 1. The van der Waals surface area contributed by atoms with Gasteiger partial charge in [-0.15, -0.1) is 11.3 Å². The van der Waals surface area contributed by atoms with Crippen LogP contribution in [-0.2, 0) is 0 Å². The first-order chi connectivity index (χ1) is 7.90. The molecular formula is C11H6N4S. The van der Waals surface area contributed by atoms with E-state index in [-0.39, 0.29) is 0 Å². The highest BCUT2D eigenvalue weighted by Gasteiger charge is 2.09. The molecule has 3 heterocycles. The summed E-state index contributed by atoms with van der Waals surface area (Å²) in [6.45, 7) is 0. The maximum absolute atomic E-state index is 8.98. The fraction of sp³-hybridized carbons (Fsp3) is 0. The van der Waals surface area contributed by atoms with E-state index in [0.29, 0.717) is 5.69 Å². The van der Waals surface area contributed by atoms with Crippen molar-refractivity contribution in [2.45, 2.75) is 0 Å². The molecule has 16 heavy (non-hydrogen) atoms. The summed E-state index contributed by atoms with van der Waals surface area (Å²) < 4.78 is 1.77. The summed E-state index contributed by atoms with van der Waals surface area (Å²) in [7, 11) is 0. The Kier molecular flexibility index (Phi) is 1.95. The Hall–Kier alpha value is -2.19. The zero-order chi connectivity index (χ0) is 11.0. The van der Waals surface area contributed by atoms with Crippen molar-refractivity contribution in [2.24, 2.45) is 0 Å². The van der Waals surface area contributed by atoms with E-state index >= 15 is 0 Å². The first-order valence-corrected chi connectivity index (χ1v) is 5.54. The van der Waals surface area contributed by atoms with Gasteiger partial charge in [-0.2, -0.15) is 5.26 Å². The Morgan fingerprint density at radius 3 is 3.12 bits per heavy atom. The fourth-order valence-electron chi connectivity index (χ4n) is 1.63. The standard InChI is InChI=1S/C11H6N4S/c12-6-8-2-1-4-15(8)10-9-3-5-16-11(9)14-7-13-10/h1-5,7H. The van der Waals surface area contributed by atoms with Gasteiger partial charge in [-0.05, 0) is 23.6 Å². The second-order valence-corrected chi connectivity index (χ2v) is 4.11. The van der Waals surface area contributed by atoms with Gasteiger partial charge in [0.2, 0.25) is 0 Å². The summed E-state index contributed by atoms with van der Waals surface area (Å²) in [6, 6.07) is 7.70. The van der Waals surface area contributed by atoms with E-state index in [2.05, 4.69) is 16.0 Å². The van der Waals surface area contributed by atoms with Crippen molar-refractivity contribution in [1.29, 1.82) is 5.26 Å². The molecule has 3 rings (SSSR count). The van der Waals surface area contributed by atoms with Crippen LogP contribution in [-0.4, -0.2) is 14.5 Å². The van der Waals surface area contributed by atoms with Gasteiger partial charge in [0.05, 0.1) is 5.39 Å². The van der Waals surface area contributed by atoms with E-state index in [0.717, 1.165) is 16.0 Å². The Bertz CT molecular complexity index is 689. The SMILES string of the molecule is N#Cc1cccn1-c1ncnc2sccc12. The molecule has 0 N–H and O–H groups in total. The zero-order valence-electron chi connectivity index (χ0n) is 8.16. The molecule has 5 heteroatoms. The molecule has 0 aromatic carbocycles. The van der Waals surface area contributed by atoms with Gasteiger partial charge in [-0.25, -0.2) is 9.97 Å². The lowest BCUT2D eigenvalue weighted by atomic mass is 10.3. The van der Waals surface area contributed by atoms with Gasteiger partial charge in [0.1, 0.15) is 28.7 Å². The summed E-state index contributed by atoms with van der Waals surface area (Å²) in [5.74, 6) is 0.757. The molecule has 0 saturated heterocycles. The van der Waals surface area contributed by atoms with Gasteiger partial charge in [0.25, 0.3) is 0 Å². The van der Waals surface area contributed by atoms with Gasteiger partial charge in [0.15, 0.2) is 0 Å². The lowest BCUT2D eigenvalue weighted by Crippen LogP contribution is -1.99. The zero-order valence-corrected chi connectivity index (χ0v) is 8.98. The molecule has 0 unspecified atom stereocenters. The topological polar surface area (TPSA) is 54.5 Å². The number of hydrogen-bond acceptors (Lipinski definition) is 4. The average molecular weight is 226 g/mol. The highest BCUT2D eigenvalue weighted by atomic mass is 32.1. The number of rotatable bonds is 1. The quantitative estimate of drug-likeness (QED) is 0.640. The van der Waals surface area contributed by atoms with E-state index in [4.69, 9.17) is 5.26 Å². The summed E-state index contributed by atoms with van der Waals surface area (Å²) in [5.41, 5.74) is 0.575. The molecule has 0 aliphatic rings. The van der Waals surface area contributed by atoms with Gasteiger partial charge < -0.3 is 0 Å². The molecule has 4 nitrogen and oxygen atoms in total. The Morgan fingerprint density at radius 1 is 1.31 bits per heavy atom. The third-order valence-electron chi connectivity index (χ3n) is 2.33. The first-order valence-electron chi connectivity index (χ1n) is 4.66. The van der Waals surface area contributed by atoms with Crippen molar-refractivity contribution >= 4 is 21.6 Å². The van der Waals surface area contributed by atoms with Gasteiger partial charge in [-0.1, -0.05) is 0 Å². The Labute approximate surface area is 95.4 Å². The smallest absolute Gasteiger partial charge is 0.149 e. The minimum absolute atomic E-state index is 0.575. The Morgan fingerprint density at radius 2 is 2.25 bits per heavy atom. The number of nitrogens with zero attached hydrogens (tertiary/aromatic N) is 4. The normalized spacial score (nSPS) is 10.4. The molecule has 3 aromatic rings. The maximum atomic E-state index is 8.98. The first kappa shape index (κ1) is 9.07. The summed E-state index contributed by atoms with van der Waals surface area (Å²) >= 11 is 1.56. The summed E-state index contributed by atoms with van der Waals surface area (Å²) in [6.07, 6.45) is 3.35. The molecule has 0 aliphatic carbocycles. The van der Waals surface area contributed by atoms with Crippen LogP contribution in [0.5, 0.6) is 0 Å². The van der Waals surface area contributed by atoms with E-state index in [1.165, 1.54) is 6.33 Å². The van der Waals surface area contributed by atoms with E-state index in [1.54, 1.807) is 22.0 Å². The van der Waals surface area contributed by atoms with Crippen LogP contribution >= 0.6 is 11.3 Å². The molecule has 76 valence electrons. The summed E-state index contributed by atoms with van der Waals surface area (Å²) in [5, 5.41) is 11.9. The van der Waals surface area contributed by atoms with E-state index in [1.807, 2.05) is 23.7 Å². The predicted octanol–water partition coefficient (Wildman–Crippen LogP) is 2.35. The molecule has 0 amide bonds. The minimum Gasteiger partial charge on any atom is -0.292 e. The highest BCUT2D eigenvalue weighted by Crippen LogP contribution is 2.23. The molecular weight excluding hydrogens is 220 g/mol. The average Bonchev–Trinajstić information content (AvgIpc) is 2.96. The molecule has 0 fully saturated rings. The van der Waals surface area contributed by atoms with Crippen molar-refractivity contribution in [3.63, 3.8) is 0 Å². The third-order valence-corrected chi connectivity index (χ3v) is 3.15. The minimum atomic E-state index is 0.575. The van der Waals surface area contributed by atoms with Crippen LogP contribution in [0.1, 0.15) is 5.69 Å². The summed E-state index contributed by atoms with van der Waals surface area (Å²) in [4.78, 5) is 9.35. The predicted molar refractivity (Wildman–Crippen MR) is 61.5 cm³/mol. The van der Waals surface area contributed by atoms with Crippen LogP contribution < -0.4 is 0 Å². The van der Waals surface area contributed by atoms with Crippen molar-refractivity contribution in [3.05, 3.63) is 41.8 Å². The molecule has 0 atom stereocenters. The van der Waals surface area contributed by atoms with E-state index < -0.39 is 0 Å². The van der Waals surface area contributed by atoms with Crippen molar-refractivity contribution in [2.75, 3.05) is 0 Å². The fourth-order valence-corrected chi connectivity index (χ4v) is 2.35. The van der Waals surface area contributed by atoms with Gasteiger partial charge >= 0.3 is 0 Å². The lowest BCUT2D eigenvalue weighted by molar-refractivity contribution is 0.990. The molecule has 3 aromatic heterocycles. The molecule has 0 bridgehead atoms. The number of hydrogen-bond donors (Lipinski definition) is 0.